The monoisotopic (exact) mass is 340 g/mol. The number of nitrogens with one attached hydrogen (secondary N) is 3. The lowest BCUT2D eigenvalue weighted by Crippen LogP contribution is -2.35. The van der Waals surface area contributed by atoms with Gasteiger partial charge in [-0.1, -0.05) is 24.3 Å². The number of fused-ring (bicyclic) bond motifs is 1. The van der Waals surface area contributed by atoms with Crippen LogP contribution < -0.4 is 10.6 Å². The summed E-state index contributed by atoms with van der Waals surface area (Å²) in [5, 5.41) is 5.59. The first-order valence-corrected chi connectivity index (χ1v) is 8.32. The summed E-state index contributed by atoms with van der Waals surface area (Å²) in [6.07, 6.45) is 1.56. The van der Waals surface area contributed by atoms with Gasteiger partial charge in [-0.05, 0) is 42.7 Å². The van der Waals surface area contributed by atoms with E-state index in [1.54, 1.807) is 19.1 Å². The second-order valence-electron chi connectivity index (χ2n) is 6.00. The van der Waals surface area contributed by atoms with Crippen molar-refractivity contribution in [3.8, 4) is 0 Å². The average Bonchev–Trinajstić information content (AvgIpc) is 3.02. The number of urea groups is 1. The molecule has 2 aromatic carbocycles. The molecule has 3 rings (SSSR count). The number of rotatable bonds is 6. The summed E-state index contributed by atoms with van der Waals surface area (Å²) < 4.78 is 13.2. The van der Waals surface area contributed by atoms with Crippen molar-refractivity contribution < 1.29 is 9.18 Å². The first kappa shape index (κ1) is 17.0. The third-order valence-corrected chi connectivity index (χ3v) is 3.99. The smallest absolute Gasteiger partial charge is 0.315 e. The topological polar surface area (TPSA) is 69.8 Å². The van der Waals surface area contributed by atoms with Crippen molar-refractivity contribution >= 4 is 17.1 Å². The number of carbonyl (C=O) groups is 1. The highest BCUT2D eigenvalue weighted by Crippen LogP contribution is 2.11. The van der Waals surface area contributed by atoms with Crippen LogP contribution >= 0.6 is 0 Å². The number of hydrogen-bond acceptors (Lipinski definition) is 2. The maximum Gasteiger partial charge on any atom is 0.315 e. The van der Waals surface area contributed by atoms with Crippen LogP contribution in [0.25, 0.3) is 11.0 Å². The molecular weight excluding hydrogens is 319 g/mol. The first-order valence-electron chi connectivity index (χ1n) is 8.32. The highest BCUT2D eigenvalue weighted by atomic mass is 19.1. The number of nitrogens with zero attached hydrogens (tertiary/aromatic N) is 1. The minimum atomic E-state index is -0.237. The minimum absolute atomic E-state index is 0.230. The molecule has 0 atom stereocenters. The summed E-state index contributed by atoms with van der Waals surface area (Å²) in [7, 11) is 0. The van der Waals surface area contributed by atoms with E-state index in [-0.39, 0.29) is 11.8 Å². The van der Waals surface area contributed by atoms with Gasteiger partial charge in [0.05, 0.1) is 11.0 Å². The Morgan fingerprint density at radius 2 is 2.04 bits per heavy atom. The third kappa shape index (κ3) is 4.56. The normalized spacial score (nSPS) is 10.8. The highest BCUT2D eigenvalue weighted by molar-refractivity contribution is 5.75. The van der Waals surface area contributed by atoms with E-state index in [0.29, 0.717) is 18.7 Å². The number of carbonyl (C=O) groups excluding carboxylic acids is 1. The fraction of sp³-hybridized carbons (Fsp3) is 0.263. The van der Waals surface area contributed by atoms with Crippen molar-refractivity contribution in [1.82, 2.24) is 20.6 Å². The number of aromatic nitrogens is 2. The van der Waals surface area contributed by atoms with Gasteiger partial charge in [0.2, 0.25) is 0 Å². The highest BCUT2D eigenvalue weighted by Gasteiger charge is 2.04. The second kappa shape index (κ2) is 7.79. The van der Waals surface area contributed by atoms with Crippen LogP contribution in [-0.4, -0.2) is 22.5 Å². The summed E-state index contributed by atoms with van der Waals surface area (Å²) in [4.78, 5) is 19.6. The maximum absolute atomic E-state index is 13.2. The molecule has 0 aliphatic carbocycles. The van der Waals surface area contributed by atoms with E-state index in [2.05, 4.69) is 20.6 Å². The van der Waals surface area contributed by atoms with Crippen LogP contribution in [0.2, 0.25) is 0 Å². The summed E-state index contributed by atoms with van der Waals surface area (Å²) in [5.41, 5.74) is 3.43. The Morgan fingerprint density at radius 1 is 1.20 bits per heavy atom. The average molecular weight is 340 g/mol. The van der Waals surface area contributed by atoms with Gasteiger partial charge in [-0.3, -0.25) is 0 Å². The van der Waals surface area contributed by atoms with Crippen LogP contribution in [0.5, 0.6) is 0 Å². The molecule has 6 heteroatoms. The van der Waals surface area contributed by atoms with Gasteiger partial charge in [-0.25, -0.2) is 14.2 Å². The van der Waals surface area contributed by atoms with Crippen LogP contribution in [-0.2, 0) is 13.0 Å². The van der Waals surface area contributed by atoms with Crippen LogP contribution in [0, 0.1) is 12.7 Å². The van der Waals surface area contributed by atoms with Gasteiger partial charge in [0.25, 0.3) is 0 Å². The zero-order chi connectivity index (χ0) is 17.6. The van der Waals surface area contributed by atoms with E-state index in [4.69, 9.17) is 0 Å². The van der Waals surface area contributed by atoms with E-state index in [9.17, 15) is 9.18 Å². The minimum Gasteiger partial charge on any atom is -0.342 e. The molecule has 0 spiro atoms. The Kier molecular flexibility index (Phi) is 5.28. The zero-order valence-corrected chi connectivity index (χ0v) is 14.1. The second-order valence-corrected chi connectivity index (χ2v) is 6.00. The van der Waals surface area contributed by atoms with E-state index < -0.39 is 0 Å². The Balaban J connectivity index is 1.38. The molecule has 0 aliphatic heterocycles. The summed E-state index contributed by atoms with van der Waals surface area (Å²) in [6, 6.07) is 12.5. The molecule has 0 bridgehead atoms. The van der Waals surface area contributed by atoms with Crippen molar-refractivity contribution in [3.63, 3.8) is 0 Å². The van der Waals surface area contributed by atoms with Gasteiger partial charge >= 0.3 is 6.03 Å². The van der Waals surface area contributed by atoms with Crippen LogP contribution in [0.3, 0.4) is 0 Å². The van der Waals surface area contributed by atoms with Crippen LogP contribution in [0.15, 0.2) is 42.5 Å². The molecule has 3 aromatic rings. The number of aromatic amines is 1. The lowest BCUT2D eigenvalue weighted by atomic mass is 10.1. The Morgan fingerprint density at radius 3 is 2.84 bits per heavy atom. The number of hydrogen-bond donors (Lipinski definition) is 3. The third-order valence-electron chi connectivity index (χ3n) is 3.99. The lowest BCUT2D eigenvalue weighted by Gasteiger charge is -2.08. The van der Waals surface area contributed by atoms with E-state index in [1.807, 2.05) is 24.3 Å². The number of amides is 2. The Hall–Kier alpha value is -2.89. The summed E-state index contributed by atoms with van der Waals surface area (Å²) >= 11 is 0. The fourth-order valence-corrected chi connectivity index (χ4v) is 2.64. The maximum atomic E-state index is 13.2. The molecule has 0 unspecified atom stereocenters. The lowest BCUT2D eigenvalue weighted by molar-refractivity contribution is 0.240. The molecule has 0 saturated carbocycles. The van der Waals surface area contributed by atoms with Gasteiger partial charge in [-0.2, -0.15) is 0 Å². The predicted molar refractivity (Wildman–Crippen MR) is 95.8 cm³/mol. The molecule has 130 valence electrons. The van der Waals surface area contributed by atoms with E-state index in [0.717, 1.165) is 35.3 Å². The SMILES string of the molecule is Cc1cc(CNC(=O)NCCCc2nc3ccccc3[nH]2)ccc1F. The number of H-pyrrole nitrogens is 1. The number of para-hydroxylation sites is 2. The number of aryl methyl sites for hydroxylation is 2. The number of halogens is 1. The molecule has 3 N–H and O–H groups in total. The largest absolute Gasteiger partial charge is 0.342 e. The molecule has 0 saturated heterocycles. The quantitative estimate of drug-likeness (QED) is 0.602. The fourth-order valence-electron chi connectivity index (χ4n) is 2.64. The Labute approximate surface area is 145 Å². The van der Waals surface area contributed by atoms with Crippen LogP contribution in [0.1, 0.15) is 23.4 Å². The summed E-state index contributed by atoms with van der Waals surface area (Å²) in [6.45, 7) is 2.64. The molecule has 25 heavy (non-hydrogen) atoms. The van der Waals surface area contributed by atoms with Crippen LogP contribution in [0.4, 0.5) is 9.18 Å². The zero-order valence-electron chi connectivity index (χ0n) is 14.1. The van der Waals surface area contributed by atoms with Crippen molar-refractivity contribution in [3.05, 3.63) is 65.2 Å². The van der Waals surface area contributed by atoms with Crippen molar-refractivity contribution in [2.45, 2.75) is 26.3 Å². The molecular formula is C19H21FN4O. The van der Waals surface area contributed by atoms with Crippen molar-refractivity contribution in [2.24, 2.45) is 0 Å². The molecule has 2 amide bonds. The molecule has 5 nitrogen and oxygen atoms in total. The van der Waals surface area contributed by atoms with Gasteiger partial charge < -0.3 is 15.6 Å². The number of imidazole rings is 1. The van der Waals surface area contributed by atoms with Gasteiger partial charge in [0.15, 0.2) is 0 Å². The molecule has 0 aliphatic rings. The molecule has 1 heterocycles. The predicted octanol–water partition coefficient (Wildman–Crippen LogP) is 3.44. The standard InChI is InChI=1S/C19H21FN4O/c1-13-11-14(8-9-15(13)20)12-22-19(25)21-10-4-7-18-23-16-5-2-3-6-17(16)24-18/h2-3,5-6,8-9,11H,4,7,10,12H2,1H3,(H,23,24)(H2,21,22,25). The van der Waals surface area contributed by atoms with Gasteiger partial charge in [0, 0.05) is 19.5 Å². The van der Waals surface area contributed by atoms with Crippen molar-refractivity contribution in [2.75, 3.05) is 6.54 Å². The molecule has 1 aromatic heterocycles. The van der Waals surface area contributed by atoms with E-state index in [1.165, 1.54) is 6.07 Å². The summed E-state index contributed by atoms with van der Waals surface area (Å²) in [5.74, 6) is 0.684. The van der Waals surface area contributed by atoms with E-state index >= 15 is 0 Å². The van der Waals surface area contributed by atoms with Gasteiger partial charge in [-0.15, -0.1) is 0 Å². The Bertz CT molecular complexity index is 842. The van der Waals surface area contributed by atoms with Crippen molar-refractivity contribution in [1.29, 1.82) is 0 Å². The van der Waals surface area contributed by atoms with Gasteiger partial charge in [0.1, 0.15) is 11.6 Å². The number of benzene rings is 2. The molecule has 0 radical (unpaired) electrons. The first-order chi connectivity index (χ1) is 12.1. The molecule has 0 fully saturated rings.